The summed E-state index contributed by atoms with van der Waals surface area (Å²) in [5, 5.41) is 3.23. The number of likely N-dealkylation sites (N-methyl/N-ethyl adjacent to an activating group) is 2. The molecule has 0 spiro atoms. The molecule has 0 bridgehead atoms. The van der Waals surface area contributed by atoms with Crippen LogP contribution in [0.1, 0.15) is 33.6 Å². The van der Waals surface area contributed by atoms with Crippen molar-refractivity contribution in [2.75, 3.05) is 26.7 Å². The first kappa shape index (κ1) is 11.9. The Labute approximate surface area is 77.3 Å². The predicted molar refractivity (Wildman–Crippen MR) is 55.5 cm³/mol. The number of likely N-dealkylation sites (tertiary alicyclic amines) is 1. The van der Waals surface area contributed by atoms with Crippen molar-refractivity contribution in [1.29, 1.82) is 0 Å². The van der Waals surface area contributed by atoms with Gasteiger partial charge in [0.15, 0.2) is 0 Å². The molecule has 1 rings (SSSR count). The Bertz CT molecular complexity index is 93.8. The highest BCUT2D eigenvalue weighted by Gasteiger charge is 2.21. The smallest absolute Gasteiger partial charge is 0.0220 e. The maximum absolute atomic E-state index is 3.23. The second kappa shape index (κ2) is 7.56. The van der Waals surface area contributed by atoms with Gasteiger partial charge in [0.05, 0.1) is 0 Å². The van der Waals surface area contributed by atoms with Crippen LogP contribution in [0.25, 0.3) is 0 Å². The maximum atomic E-state index is 3.23. The van der Waals surface area contributed by atoms with Crippen LogP contribution in [-0.2, 0) is 0 Å². The van der Waals surface area contributed by atoms with Gasteiger partial charge in [-0.05, 0) is 33.0 Å². The Balaban J connectivity index is 0.000000561. The van der Waals surface area contributed by atoms with Crippen molar-refractivity contribution >= 4 is 0 Å². The van der Waals surface area contributed by atoms with Gasteiger partial charge in [-0.15, -0.1) is 0 Å². The summed E-state index contributed by atoms with van der Waals surface area (Å²) in [4.78, 5) is 2.55. The molecule has 1 saturated heterocycles. The van der Waals surface area contributed by atoms with E-state index in [4.69, 9.17) is 0 Å². The van der Waals surface area contributed by atoms with Gasteiger partial charge in [0.2, 0.25) is 0 Å². The fourth-order valence-electron chi connectivity index (χ4n) is 1.78. The van der Waals surface area contributed by atoms with Gasteiger partial charge < -0.3 is 5.32 Å². The molecule has 0 aromatic heterocycles. The lowest BCUT2D eigenvalue weighted by molar-refractivity contribution is 0.264. The average molecular weight is 172 g/mol. The normalized spacial score (nSPS) is 23.5. The lowest BCUT2D eigenvalue weighted by atomic mass is 10.2. The molecule has 1 atom stereocenters. The highest BCUT2D eigenvalue weighted by Crippen LogP contribution is 2.14. The van der Waals surface area contributed by atoms with E-state index in [-0.39, 0.29) is 0 Å². The van der Waals surface area contributed by atoms with Crippen LogP contribution in [-0.4, -0.2) is 37.6 Å². The van der Waals surface area contributed by atoms with Gasteiger partial charge in [-0.2, -0.15) is 0 Å². The third-order valence-corrected chi connectivity index (χ3v) is 2.35. The van der Waals surface area contributed by atoms with Gasteiger partial charge in [0, 0.05) is 12.6 Å². The SMILES string of the molecule is CC.CCN1CCCC1CNC. The van der Waals surface area contributed by atoms with Crippen LogP contribution >= 0.6 is 0 Å². The minimum Gasteiger partial charge on any atom is -0.318 e. The van der Waals surface area contributed by atoms with E-state index in [1.54, 1.807) is 0 Å². The summed E-state index contributed by atoms with van der Waals surface area (Å²) < 4.78 is 0. The number of rotatable bonds is 3. The Morgan fingerprint density at radius 3 is 2.58 bits per heavy atom. The minimum absolute atomic E-state index is 0.815. The van der Waals surface area contributed by atoms with E-state index in [2.05, 4.69) is 17.1 Å². The molecule has 2 nitrogen and oxygen atoms in total. The fraction of sp³-hybridized carbons (Fsp3) is 1.00. The number of hydrogen-bond donors (Lipinski definition) is 1. The van der Waals surface area contributed by atoms with E-state index in [1.807, 2.05) is 20.9 Å². The average Bonchev–Trinajstić information content (AvgIpc) is 2.56. The third-order valence-electron chi connectivity index (χ3n) is 2.35. The molecule has 1 aliphatic rings. The van der Waals surface area contributed by atoms with Crippen molar-refractivity contribution in [3.63, 3.8) is 0 Å². The molecule has 0 saturated carbocycles. The predicted octanol–water partition coefficient (Wildman–Crippen LogP) is 1.72. The van der Waals surface area contributed by atoms with Crippen molar-refractivity contribution in [1.82, 2.24) is 10.2 Å². The summed E-state index contributed by atoms with van der Waals surface area (Å²) in [6, 6.07) is 0.815. The van der Waals surface area contributed by atoms with Crippen LogP contribution < -0.4 is 5.32 Å². The van der Waals surface area contributed by atoms with Gasteiger partial charge in [-0.3, -0.25) is 4.90 Å². The standard InChI is InChI=1S/C8H18N2.C2H6/c1-3-10-6-4-5-8(10)7-9-2;1-2/h8-9H,3-7H2,1-2H3;1-2H3. The molecular formula is C10H24N2. The summed E-state index contributed by atoms with van der Waals surface area (Å²) in [6.07, 6.45) is 2.77. The molecule has 0 aromatic carbocycles. The van der Waals surface area contributed by atoms with E-state index in [1.165, 1.54) is 25.9 Å². The van der Waals surface area contributed by atoms with Gasteiger partial charge >= 0.3 is 0 Å². The van der Waals surface area contributed by atoms with Crippen molar-refractivity contribution in [2.24, 2.45) is 0 Å². The first-order valence-electron chi connectivity index (χ1n) is 5.27. The molecule has 2 heteroatoms. The molecule has 0 amide bonds. The fourth-order valence-corrected chi connectivity index (χ4v) is 1.78. The molecule has 0 aliphatic carbocycles. The molecule has 1 unspecified atom stereocenters. The molecule has 0 aromatic rings. The molecule has 0 radical (unpaired) electrons. The van der Waals surface area contributed by atoms with Crippen LogP contribution in [0.4, 0.5) is 0 Å². The van der Waals surface area contributed by atoms with Crippen LogP contribution in [0.2, 0.25) is 0 Å². The first-order valence-corrected chi connectivity index (χ1v) is 5.27. The zero-order valence-electron chi connectivity index (χ0n) is 9.06. The Morgan fingerprint density at radius 2 is 2.08 bits per heavy atom. The quantitative estimate of drug-likeness (QED) is 0.697. The Morgan fingerprint density at radius 1 is 1.42 bits per heavy atom. The number of hydrogen-bond acceptors (Lipinski definition) is 2. The van der Waals surface area contributed by atoms with E-state index in [9.17, 15) is 0 Å². The summed E-state index contributed by atoms with van der Waals surface area (Å²) >= 11 is 0. The van der Waals surface area contributed by atoms with Crippen LogP contribution in [0, 0.1) is 0 Å². The van der Waals surface area contributed by atoms with Crippen LogP contribution in [0.5, 0.6) is 0 Å². The van der Waals surface area contributed by atoms with Gasteiger partial charge in [-0.1, -0.05) is 20.8 Å². The topological polar surface area (TPSA) is 15.3 Å². The van der Waals surface area contributed by atoms with E-state index < -0.39 is 0 Å². The highest BCUT2D eigenvalue weighted by molar-refractivity contribution is 4.79. The van der Waals surface area contributed by atoms with Crippen molar-refractivity contribution in [3.8, 4) is 0 Å². The maximum Gasteiger partial charge on any atom is 0.0220 e. The Hall–Kier alpha value is -0.0800. The first-order chi connectivity index (χ1) is 5.88. The van der Waals surface area contributed by atoms with E-state index in [0.717, 1.165) is 12.6 Å². The molecule has 1 heterocycles. The Kier molecular flexibility index (Phi) is 7.51. The highest BCUT2D eigenvalue weighted by atomic mass is 15.2. The number of nitrogens with zero attached hydrogens (tertiary/aromatic N) is 1. The molecule has 12 heavy (non-hydrogen) atoms. The largest absolute Gasteiger partial charge is 0.318 e. The second-order valence-electron chi connectivity index (χ2n) is 2.98. The third kappa shape index (κ3) is 3.55. The number of nitrogens with one attached hydrogen (secondary N) is 1. The van der Waals surface area contributed by atoms with Crippen LogP contribution in [0.15, 0.2) is 0 Å². The second-order valence-corrected chi connectivity index (χ2v) is 2.98. The van der Waals surface area contributed by atoms with Crippen molar-refractivity contribution in [3.05, 3.63) is 0 Å². The molecular weight excluding hydrogens is 148 g/mol. The van der Waals surface area contributed by atoms with E-state index >= 15 is 0 Å². The summed E-state index contributed by atoms with van der Waals surface area (Å²) in [5.74, 6) is 0. The summed E-state index contributed by atoms with van der Waals surface area (Å²) in [6.45, 7) is 9.93. The molecule has 74 valence electrons. The molecule has 1 aliphatic heterocycles. The lowest BCUT2D eigenvalue weighted by Gasteiger charge is -2.21. The molecule has 1 fully saturated rings. The van der Waals surface area contributed by atoms with Gasteiger partial charge in [-0.25, -0.2) is 0 Å². The summed E-state index contributed by atoms with van der Waals surface area (Å²) in [5.41, 5.74) is 0. The van der Waals surface area contributed by atoms with Crippen LogP contribution in [0.3, 0.4) is 0 Å². The molecule has 1 N–H and O–H groups in total. The summed E-state index contributed by atoms with van der Waals surface area (Å²) in [7, 11) is 2.03. The van der Waals surface area contributed by atoms with Gasteiger partial charge in [0.25, 0.3) is 0 Å². The van der Waals surface area contributed by atoms with Crippen molar-refractivity contribution in [2.45, 2.75) is 39.7 Å². The zero-order chi connectivity index (χ0) is 9.40. The zero-order valence-corrected chi connectivity index (χ0v) is 9.06. The monoisotopic (exact) mass is 172 g/mol. The lowest BCUT2D eigenvalue weighted by Crippen LogP contribution is -2.36. The van der Waals surface area contributed by atoms with E-state index in [0.29, 0.717) is 0 Å². The minimum atomic E-state index is 0.815. The van der Waals surface area contributed by atoms with Crippen molar-refractivity contribution < 1.29 is 0 Å². The van der Waals surface area contributed by atoms with Gasteiger partial charge in [0.1, 0.15) is 0 Å².